The van der Waals surface area contributed by atoms with Crippen molar-refractivity contribution in [1.29, 1.82) is 0 Å². The van der Waals surface area contributed by atoms with Crippen LogP contribution in [0, 0.1) is 0 Å². The standard InChI is InChI=1S/C9H18N2O5S/c1-4-16-9(13)7(10)8(12)11-6(2)5-17(3,14)15/h6-7H,4-5,10H2,1-3H3,(H,11,12). The normalized spacial score (nSPS) is 14.8. The number of esters is 1. The van der Waals surface area contributed by atoms with Gasteiger partial charge in [-0.15, -0.1) is 0 Å². The zero-order valence-electron chi connectivity index (χ0n) is 10.1. The van der Waals surface area contributed by atoms with E-state index in [4.69, 9.17) is 5.73 Å². The van der Waals surface area contributed by atoms with Gasteiger partial charge in [0.2, 0.25) is 5.91 Å². The number of carbonyl (C=O) groups excluding carboxylic acids is 2. The van der Waals surface area contributed by atoms with Gasteiger partial charge in [0.1, 0.15) is 9.84 Å². The van der Waals surface area contributed by atoms with Crippen LogP contribution in [-0.2, 0) is 24.2 Å². The van der Waals surface area contributed by atoms with Crippen LogP contribution < -0.4 is 11.1 Å². The first kappa shape index (κ1) is 15.9. The van der Waals surface area contributed by atoms with Gasteiger partial charge < -0.3 is 15.8 Å². The van der Waals surface area contributed by atoms with Crippen LogP contribution in [0.5, 0.6) is 0 Å². The molecule has 2 atom stereocenters. The number of nitrogens with two attached hydrogens (primary N) is 1. The Morgan fingerprint density at radius 1 is 1.41 bits per heavy atom. The van der Waals surface area contributed by atoms with Crippen LogP contribution in [0.25, 0.3) is 0 Å². The van der Waals surface area contributed by atoms with Crippen LogP contribution in [0.3, 0.4) is 0 Å². The van der Waals surface area contributed by atoms with Crippen LogP contribution in [0.15, 0.2) is 0 Å². The van der Waals surface area contributed by atoms with Gasteiger partial charge in [0, 0.05) is 12.3 Å². The first-order chi connectivity index (χ1) is 7.67. The molecule has 0 rings (SSSR count). The first-order valence-electron chi connectivity index (χ1n) is 5.07. The van der Waals surface area contributed by atoms with Gasteiger partial charge in [-0.3, -0.25) is 4.79 Å². The molecule has 0 aromatic heterocycles. The zero-order chi connectivity index (χ0) is 13.6. The van der Waals surface area contributed by atoms with Gasteiger partial charge in [-0.1, -0.05) is 0 Å². The Kier molecular flexibility index (Phi) is 6.11. The number of hydrogen-bond donors (Lipinski definition) is 2. The molecular weight excluding hydrogens is 248 g/mol. The summed E-state index contributed by atoms with van der Waals surface area (Å²) in [6, 6.07) is -2.05. The number of nitrogens with one attached hydrogen (secondary N) is 1. The molecule has 8 heteroatoms. The smallest absolute Gasteiger partial charge is 0.332 e. The van der Waals surface area contributed by atoms with Crippen molar-refractivity contribution in [1.82, 2.24) is 5.32 Å². The number of rotatable bonds is 6. The molecule has 0 fully saturated rings. The van der Waals surface area contributed by atoms with E-state index in [1.807, 2.05) is 0 Å². The molecule has 3 N–H and O–H groups in total. The van der Waals surface area contributed by atoms with E-state index in [1.54, 1.807) is 6.92 Å². The second-order valence-electron chi connectivity index (χ2n) is 3.73. The SMILES string of the molecule is CCOC(=O)C(N)C(=O)NC(C)CS(C)(=O)=O. The lowest BCUT2D eigenvalue weighted by Gasteiger charge is -2.15. The molecule has 0 saturated heterocycles. The molecule has 0 heterocycles. The second-order valence-corrected chi connectivity index (χ2v) is 5.92. The quantitative estimate of drug-likeness (QED) is 0.443. The largest absolute Gasteiger partial charge is 0.464 e. The van der Waals surface area contributed by atoms with Crippen LogP contribution in [0.1, 0.15) is 13.8 Å². The molecule has 0 aliphatic heterocycles. The van der Waals surface area contributed by atoms with E-state index < -0.39 is 33.8 Å². The summed E-state index contributed by atoms with van der Waals surface area (Å²) in [4.78, 5) is 22.5. The predicted octanol–water partition coefficient (Wildman–Crippen LogP) is -1.57. The lowest BCUT2D eigenvalue weighted by Crippen LogP contribution is -2.50. The van der Waals surface area contributed by atoms with Gasteiger partial charge in [0.25, 0.3) is 0 Å². The van der Waals surface area contributed by atoms with Crippen molar-refractivity contribution in [3.8, 4) is 0 Å². The number of carbonyl (C=O) groups is 2. The van der Waals surface area contributed by atoms with E-state index in [0.717, 1.165) is 6.26 Å². The lowest BCUT2D eigenvalue weighted by molar-refractivity contribution is -0.148. The van der Waals surface area contributed by atoms with Crippen molar-refractivity contribution < 1.29 is 22.7 Å². The molecule has 0 radical (unpaired) electrons. The fourth-order valence-electron chi connectivity index (χ4n) is 1.17. The van der Waals surface area contributed by atoms with E-state index in [-0.39, 0.29) is 12.4 Å². The zero-order valence-corrected chi connectivity index (χ0v) is 10.9. The summed E-state index contributed by atoms with van der Waals surface area (Å²) in [7, 11) is -3.20. The molecule has 2 unspecified atom stereocenters. The molecule has 0 aromatic rings. The molecule has 7 nitrogen and oxygen atoms in total. The van der Waals surface area contributed by atoms with Gasteiger partial charge in [-0.2, -0.15) is 0 Å². The molecule has 0 saturated carbocycles. The second kappa shape index (κ2) is 6.55. The molecule has 17 heavy (non-hydrogen) atoms. The Balaban J connectivity index is 4.30. The molecule has 100 valence electrons. The highest BCUT2D eigenvalue weighted by atomic mass is 32.2. The van der Waals surface area contributed by atoms with E-state index in [9.17, 15) is 18.0 Å². The highest BCUT2D eigenvalue weighted by Crippen LogP contribution is 1.93. The summed E-state index contributed by atoms with van der Waals surface area (Å²) in [6.45, 7) is 3.23. The van der Waals surface area contributed by atoms with E-state index in [2.05, 4.69) is 10.1 Å². The van der Waals surface area contributed by atoms with Crippen molar-refractivity contribution in [2.75, 3.05) is 18.6 Å². The van der Waals surface area contributed by atoms with Crippen molar-refractivity contribution in [3.05, 3.63) is 0 Å². The minimum atomic E-state index is -3.20. The summed E-state index contributed by atoms with van der Waals surface area (Å²) in [5.41, 5.74) is 5.32. The van der Waals surface area contributed by atoms with Crippen LogP contribution in [-0.4, -0.2) is 51.0 Å². The molecule has 1 amide bonds. The monoisotopic (exact) mass is 266 g/mol. The van der Waals surface area contributed by atoms with E-state index in [0.29, 0.717) is 0 Å². The number of ether oxygens (including phenoxy) is 1. The Labute approximate surface area is 101 Å². The van der Waals surface area contributed by atoms with Gasteiger partial charge in [-0.25, -0.2) is 13.2 Å². The third kappa shape index (κ3) is 6.90. The molecule has 0 aliphatic rings. The van der Waals surface area contributed by atoms with E-state index >= 15 is 0 Å². The van der Waals surface area contributed by atoms with Gasteiger partial charge in [0.05, 0.1) is 12.4 Å². The van der Waals surface area contributed by atoms with Crippen LogP contribution in [0.4, 0.5) is 0 Å². The molecular formula is C9H18N2O5S. The third-order valence-electron chi connectivity index (χ3n) is 1.76. The minimum Gasteiger partial charge on any atom is -0.464 e. The third-order valence-corrected chi connectivity index (χ3v) is 2.87. The lowest BCUT2D eigenvalue weighted by atomic mass is 10.2. The number of sulfone groups is 1. The van der Waals surface area contributed by atoms with Crippen molar-refractivity contribution in [2.24, 2.45) is 5.73 Å². The summed E-state index contributed by atoms with van der Waals surface area (Å²) in [6.07, 6.45) is 1.06. The maximum absolute atomic E-state index is 11.4. The van der Waals surface area contributed by atoms with Crippen molar-refractivity contribution >= 4 is 21.7 Å². The highest BCUT2D eigenvalue weighted by Gasteiger charge is 2.25. The van der Waals surface area contributed by atoms with Crippen molar-refractivity contribution in [2.45, 2.75) is 25.9 Å². The minimum absolute atomic E-state index is 0.124. The number of hydrogen-bond acceptors (Lipinski definition) is 6. The maximum Gasteiger partial charge on any atom is 0.332 e. The highest BCUT2D eigenvalue weighted by molar-refractivity contribution is 7.90. The average molecular weight is 266 g/mol. The topological polar surface area (TPSA) is 116 Å². The molecule has 0 bridgehead atoms. The first-order valence-corrected chi connectivity index (χ1v) is 7.13. The summed E-state index contributed by atoms with van der Waals surface area (Å²) in [5.74, 6) is -1.80. The van der Waals surface area contributed by atoms with Gasteiger partial charge in [0.15, 0.2) is 6.04 Å². The fourth-order valence-corrected chi connectivity index (χ4v) is 2.16. The summed E-state index contributed by atoms with van der Waals surface area (Å²) in [5, 5.41) is 2.33. The average Bonchev–Trinajstić information content (AvgIpc) is 2.13. The van der Waals surface area contributed by atoms with Gasteiger partial charge >= 0.3 is 5.97 Å². The predicted molar refractivity (Wildman–Crippen MR) is 61.9 cm³/mol. The van der Waals surface area contributed by atoms with E-state index in [1.165, 1.54) is 6.92 Å². The molecule has 0 spiro atoms. The van der Waals surface area contributed by atoms with Crippen LogP contribution in [0.2, 0.25) is 0 Å². The summed E-state index contributed by atoms with van der Waals surface area (Å²) < 4.78 is 26.5. The van der Waals surface area contributed by atoms with Crippen molar-refractivity contribution in [3.63, 3.8) is 0 Å². The Hall–Kier alpha value is -1.15. The van der Waals surface area contributed by atoms with Crippen LogP contribution >= 0.6 is 0 Å². The molecule has 0 aromatic carbocycles. The Morgan fingerprint density at radius 3 is 2.35 bits per heavy atom. The Bertz CT molecular complexity index is 379. The number of amides is 1. The van der Waals surface area contributed by atoms with Gasteiger partial charge in [-0.05, 0) is 13.8 Å². The fraction of sp³-hybridized carbons (Fsp3) is 0.778. The maximum atomic E-state index is 11.4. The molecule has 0 aliphatic carbocycles. The Morgan fingerprint density at radius 2 is 1.94 bits per heavy atom. The summed E-state index contributed by atoms with van der Waals surface area (Å²) >= 11 is 0.